The maximum atomic E-state index is 12.1. The first kappa shape index (κ1) is 21.2. The highest BCUT2D eigenvalue weighted by molar-refractivity contribution is 6.30. The van der Waals surface area contributed by atoms with Gasteiger partial charge >= 0.3 is 6.03 Å². The average molecular weight is 424 g/mol. The highest BCUT2D eigenvalue weighted by Gasteiger charge is 2.11. The van der Waals surface area contributed by atoms with Gasteiger partial charge in [0.15, 0.2) is 6.61 Å². The second-order valence-electron chi connectivity index (χ2n) is 6.60. The molecule has 0 saturated carbocycles. The van der Waals surface area contributed by atoms with Crippen molar-refractivity contribution in [1.82, 2.24) is 5.32 Å². The predicted molar refractivity (Wildman–Crippen MR) is 119 cm³/mol. The second kappa shape index (κ2) is 10.3. The zero-order valence-electron chi connectivity index (χ0n) is 16.4. The molecule has 3 amide bonds. The molecule has 0 saturated heterocycles. The first-order chi connectivity index (χ1) is 14.5. The summed E-state index contributed by atoms with van der Waals surface area (Å²) in [4.78, 5) is 24.2. The molecule has 0 bridgehead atoms. The summed E-state index contributed by atoms with van der Waals surface area (Å²) in [5.41, 5.74) is 2.26. The van der Waals surface area contributed by atoms with Crippen LogP contribution in [0.1, 0.15) is 18.5 Å². The van der Waals surface area contributed by atoms with Gasteiger partial charge < -0.3 is 20.7 Å². The third kappa shape index (κ3) is 6.53. The Morgan fingerprint density at radius 2 is 1.57 bits per heavy atom. The second-order valence-corrected chi connectivity index (χ2v) is 7.04. The maximum absolute atomic E-state index is 12.1. The molecule has 0 fully saturated rings. The van der Waals surface area contributed by atoms with E-state index in [1.54, 1.807) is 36.4 Å². The third-order valence-electron chi connectivity index (χ3n) is 4.24. The zero-order valence-corrected chi connectivity index (χ0v) is 17.1. The number of benzene rings is 3. The van der Waals surface area contributed by atoms with E-state index in [1.807, 2.05) is 49.4 Å². The highest BCUT2D eigenvalue weighted by Crippen LogP contribution is 2.18. The molecule has 0 aromatic heterocycles. The van der Waals surface area contributed by atoms with Crippen molar-refractivity contribution in [2.45, 2.75) is 13.0 Å². The summed E-state index contributed by atoms with van der Waals surface area (Å²) < 4.78 is 5.45. The van der Waals surface area contributed by atoms with Gasteiger partial charge in [-0.05, 0) is 55.0 Å². The minimum absolute atomic E-state index is 0.107. The highest BCUT2D eigenvalue weighted by atomic mass is 35.5. The molecule has 3 rings (SSSR count). The summed E-state index contributed by atoms with van der Waals surface area (Å²) in [6.07, 6.45) is 0. The van der Waals surface area contributed by atoms with E-state index in [0.29, 0.717) is 22.1 Å². The van der Waals surface area contributed by atoms with Crippen LogP contribution >= 0.6 is 11.6 Å². The van der Waals surface area contributed by atoms with Gasteiger partial charge in [0.05, 0.1) is 6.04 Å². The number of urea groups is 1. The number of carbonyl (C=O) groups is 2. The Morgan fingerprint density at radius 3 is 2.23 bits per heavy atom. The fraction of sp³-hybridized carbons (Fsp3) is 0.130. The molecule has 30 heavy (non-hydrogen) atoms. The Balaban J connectivity index is 1.47. The topological polar surface area (TPSA) is 79.5 Å². The smallest absolute Gasteiger partial charge is 0.323 e. The van der Waals surface area contributed by atoms with Crippen molar-refractivity contribution in [3.63, 3.8) is 0 Å². The van der Waals surface area contributed by atoms with E-state index in [9.17, 15) is 9.59 Å². The Morgan fingerprint density at radius 1 is 0.900 bits per heavy atom. The lowest BCUT2D eigenvalue weighted by Crippen LogP contribution is -2.31. The number of para-hydroxylation sites is 1. The number of nitrogens with one attached hydrogen (secondary N) is 3. The van der Waals surface area contributed by atoms with E-state index in [-0.39, 0.29) is 24.6 Å². The summed E-state index contributed by atoms with van der Waals surface area (Å²) in [7, 11) is 0. The zero-order chi connectivity index (χ0) is 21.3. The quantitative estimate of drug-likeness (QED) is 0.486. The van der Waals surface area contributed by atoms with Gasteiger partial charge in [-0.15, -0.1) is 0 Å². The van der Waals surface area contributed by atoms with E-state index in [2.05, 4.69) is 16.0 Å². The number of amides is 3. The minimum atomic E-state index is -0.325. The first-order valence-electron chi connectivity index (χ1n) is 9.40. The van der Waals surface area contributed by atoms with Crippen LogP contribution in [0.4, 0.5) is 16.2 Å². The van der Waals surface area contributed by atoms with E-state index >= 15 is 0 Å². The fourth-order valence-electron chi connectivity index (χ4n) is 2.74. The van der Waals surface area contributed by atoms with E-state index in [0.717, 1.165) is 5.56 Å². The average Bonchev–Trinajstić information content (AvgIpc) is 2.73. The van der Waals surface area contributed by atoms with Gasteiger partial charge in [-0.25, -0.2) is 4.79 Å². The molecule has 0 radical (unpaired) electrons. The third-order valence-corrected chi connectivity index (χ3v) is 4.48. The Labute approximate surface area is 180 Å². The van der Waals surface area contributed by atoms with Crippen LogP contribution in [0.25, 0.3) is 0 Å². The number of hydrogen-bond donors (Lipinski definition) is 3. The number of rotatable bonds is 7. The van der Waals surface area contributed by atoms with Gasteiger partial charge in [-0.2, -0.15) is 0 Å². The van der Waals surface area contributed by atoms with Crippen LogP contribution < -0.4 is 20.7 Å². The van der Waals surface area contributed by atoms with Gasteiger partial charge in [0.1, 0.15) is 5.75 Å². The fourth-order valence-corrected chi connectivity index (χ4v) is 2.92. The van der Waals surface area contributed by atoms with Gasteiger partial charge in [0.25, 0.3) is 5.91 Å². The summed E-state index contributed by atoms with van der Waals surface area (Å²) in [5.74, 6) is 0.293. The van der Waals surface area contributed by atoms with E-state index in [1.165, 1.54) is 0 Å². The molecule has 3 N–H and O–H groups in total. The predicted octanol–water partition coefficient (Wildman–Crippen LogP) is 5.24. The molecule has 6 nitrogen and oxygen atoms in total. The largest absolute Gasteiger partial charge is 0.484 e. The number of hydrogen-bond acceptors (Lipinski definition) is 3. The molecule has 7 heteroatoms. The lowest BCUT2D eigenvalue weighted by Gasteiger charge is -2.15. The normalized spacial score (nSPS) is 11.3. The molecule has 1 unspecified atom stereocenters. The summed E-state index contributed by atoms with van der Waals surface area (Å²) in [6.45, 7) is 1.77. The van der Waals surface area contributed by atoms with Crippen molar-refractivity contribution < 1.29 is 14.3 Å². The molecule has 154 valence electrons. The van der Waals surface area contributed by atoms with Crippen LogP contribution in [0.15, 0.2) is 78.9 Å². The van der Waals surface area contributed by atoms with Crippen LogP contribution in [0.2, 0.25) is 5.02 Å². The van der Waals surface area contributed by atoms with Crippen molar-refractivity contribution in [2.75, 3.05) is 17.2 Å². The van der Waals surface area contributed by atoms with Crippen molar-refractivity contribution >= 4 is 34.9 Å². The van der Waals surface area contributed by atoms with Gasteiger partial charge in [0, 0.05) is 16.4 Å². The molecule has 1 atom stereocenters. The van der Waals surface area contributed by atoms with Crippen LogP contribution in [-0.4, -0.2) is 18.5 Å². The molecular formula is C23H22ClN3O3. The molecule has 0 heterocycles. The van der Waals surface area contributed by atoms with Crippen LogP contribution in [-0.2, 0) is 4.79 Å². The number of carbonyl (C=O) groups excluding carboxylic acids is 2. The molecule has 0 aliphatic heterocycles. The summed E-state index contributed by atoms with van der Waals surface area (Å²) >= 11 is 5.90. The summed E-state index contributed by atoms with van der Waals surface area (Å²) in [6, 6.07) is 22.8. The molecule has 0 spiro atoms. The molecule has 0 aliphatic carbocycles. The molecule has 0 aliphatic rings. The molecular weight excluding hydrogens is 402 g/mol. The van der Waals surface area contributed by atoms with Gasteiger partial charge in [0.2, 0.25) is 0 Å². The molecule has 3 aromatic rings. The van der Waals surface area contributed by atoms with E-state index in [4.69, 9.17) is 16.3 Å². The van der Waals surface area contributed by atoms with Crippen molar-refractivity contribution in [1.29, 1.82) is 0 Å². The lowest BCUT2D eigenvalue weighted by atomic mass is 10.1. The van der Waals surface area contributed by atoms with Gasteiger partial charge in [-0.1, -0.05) is 48.0 Å². The van der Waals surface area contributed by atoms with Crippen molar-refractivity contribution in [3.8, 4) is 5.75 Å². The summed E-state index contributed by atoms with van der Waals surface area (Å²) in [5, 5.41) is 8.95. The standard InChI is InChI=1S/C23H22ClN3O3/c1-16(25-22(28)15-30-21-9-5-6-18(24)14-21)17-10-12-20(13-11-17)27-23(29)26-19-7-3-2-4-8-19/h2-14,16H,15H2,1H3,(H,25,28)(H2,26,27,29). The monoisotopic (exact) mass is 423 g/mol. The lowest BCUT2D eigenvalue weighted by molar-refractivity contribution is -0.123. The Kier molecular flexibility index (Phi) is 7.29. The Bertz CT molecular complexity index is 994. The SMILES string of the molecule is CC(NC(=O)COc1cccc(Cl)c1)c1ccc(NC(=O)Nc2ccccc2)cc1. The van der Waals surface area contributed by atoms with Crippen LogP contribution in [0.5, 0.6) is 5.75 Å². The molecule has 3 aromatic carbocycles. The van der Waals surface area contributed by atoms with Crippen molar-refractivity contribution in [2.24, 2.45) is 0 Å². The number of anilines is 2. The van der Waals surface area contributed by atoms with Crippen LogP contribution in [0.3, 0.4) is 0 Å². The number of halogens is 1. The number of ether oxygens (including phenoxy) is 1. The van der Waals surface area contributed by atoms with Gasteiger partial charge in [-0.3, -0.25) is 4.79 Å². The van der Waals surface area contributed by atoms with Crippen molar-refractivity contribution in [3.05, 3.63) is 89.4 Å². The first-order valence-corrected chi connectivity index (χ1v) is 9.78. The Hall–Kier alpha value is -3.51. The maximum Gasteiger partial charge on any atom is 0.323 e. The minimum Gasteiger partial charge on any atom is -0.484 e. The van der Waals surface area contributed by atoms with Crippen LogP contribution in [0, 0.1) is 0 Å². The van der Waals surface area contributed by atoms with E-state index < -0.39 is 0 Å².